The first kappa shape index (κ1) is 13.6. The van der Waals surface area contributed by atoms with E-state index in [0.29, 0.717) is 17.1 Å². The van der Waals surface area contributed by atoms with Crippen LogP contribution < -0.4 is 11.1 Å². The van der Waals surface area contributed by atoms with Gasteiger partial charge in [-0.3, -0.25) is 4.79 Å². The number of nitrogen functional groups attached to an aromatic ring is 1. The maximum atomic E-state index is 11.9. The molecule has 0 aliphatic rings. The fraction of sp³-hybridized carbons (Fsp3) is 0.167. The van der Waals surface area contributed by atoms with Gasteiger partial charge in [0.2, 0.25) is 0 Å². The summed E-state index contributed by atoms with van der Waals surface area (Å²) in [7, 11) is 1.53. The molecule has 2 aromatic rings. The molecule has 0 spiro atoms. The summed E-state index contributed by atoms with van der Waals surface area (Å²) in [4.78, 5) is 11.9. The van der Waals surface area contributed by atoms with Crippen LogP contribution in [-0.2, 0) is 11.3 Å². The fourth-order valence-corrected chi connectivity index (χ4v) is 1.69. The number of hydrogen-bond donors (Lipinski definition) is 2. The van der Waals surface area contributed by atoms with Gasteiger partial charge in [0, 0.05) is 29.0 Å². The van der Waals surface area contributed by atoms with Crippen molar-refractivity contribution in [3.8, 4) is 0 Å². The normalized spacial score (nSPS) is 10.4. The largest absolute Gasteiger partial charge is 0.398 e. The third kappa shape index (κ3) is 3.33. The van der Waals surface area contributed by atoms with E-state index in [1.54, 1.807) is 18.2 Å². The first-order chi connectivity index (χ1) is 9.10. The van der Waals surface area contributed by atoms with E-state index >= 15 is 0 Å². The van der Waals surface area contributed by atoms with Crippen molar-refractivity contribution in [2.45, 2.75) is 6.61 Å². The van der Waals surface area contributed by atoms with Gasteiger partial charge in [-0.1, -0.05) is 5.16 Å². The van der Waals surface area contributed by atoms with Crippen molar-refractivity contribution in [3.05, 3.63) is 40.2 Å². The summed E-state index contributed by atoms with van der Waals surface area (Å²) in [6, 6.07) is 6.66. The summed E-state index contributed by atoms with van der Waals surface area (Å²) in [5, 5.41) is 6.34. The zero-order valence-corrected chi connectivity index (χ0v) is 11.7. The van der Waals surface area contributed by atoms with Crippen molar-refractivity contribution in [2.75, 3.05) is 18.2 Å². The third-order valence-corrected chi connectivity index (χ3v) is 3.05. The number of halogens is 1. The summed E-state index contributed by atoms with van der Waals surface area (Å²) >= 11 is 3.28. The number of amides is 1. The van der Waals surface area contributed by atoms with Crippen LogP contribution in [0.2, 0.25) is 0 Å². The molecule has 0 bridgehead atoms. The number of nitrogens with one attached hydrogen (secondary N) is 1. The summed E-state index contributed by atoms with van der Waals surface area (Å²) < 4.78 is 10.6. The summed E-state index contributed by atoms with van der Waals surface area (Å²) in [6.07, 6.45) is 0. The van der Waals surface area contributed by atoms with Gasteiger partial charge in [-0.2, -0.15) is 0 Å². The number of rotatable bonds is 4. The molecule has 0 atom stereocenters. The van der Waals surface area contributed by atoms with Gasteiger partial charge in [0.15, 0.2) is 11.5 Å². The lowest BCUT2D eigenvalue weighted by molar-refractivity contribution is 0.101. The summed E-state index contributed by atoms with van der Waals surface area (Å²) in [5.41, 5.74) is 7.04. The highest BCUT2D eigenvalue weighted by molar-refractivity contribution is 9.10. The molecule has 0 saturated heterocycles. The lowest BCUT2D eigenvalue weighted by Gasteiger charge is -2.04. The second-order valence-corrected chi connectivity index (χ2v) is 4.66. The van der Waals surface area contributed by atoms with Crippen LogP contribution in [0.1, 0.15) is 16.2 Å². The van der Waals surface area contributed by atoms with Crippen molar-refractivity contribution in [3.63, 3.8) is 0 Å². The molecule has 0 unspecified atom stereocenters. The number of hydrogen-bond acceptors (Lipinski definition) is 5. The van der Waals surface area contributed by atoms with Gasteiger partial charge in [-0.15, -0.1) is 0 Å². The smallest absolute Gasteiger partial charge is 0.277 e. The Morgan fingerprint density at radius 3 is 3.00 bits per heavy atom. The molecule has 2 rings (SSSR count). The quantitative estimate of drug-likeness (QED) is 0.842. The molecule has 1 amide bonds. The number of ether oxygens (including phenoxy) is 1. The Balaban J connectivity index is 2.09. The zero-order valence-electron chi connectivity index (χ0n) is 10.1. The van der Waals surface area contributed by atoms with Crippen LogP contribution in [-0.4, -0.2) is 18.2 Å². The summed E-state index contributed by atoms with van der Waals surface area (Å²) in [5.74, 6) is 0.121. The molecule has 6 nitrogen and oxygen atoms in total. The van der Waals surface area contributed by atoms with Gasteiger partial charge >= 0.3 is 0 Å². The molecular formula is C12H12BrN3O3. The Hall–Kier alpha value is -1.86. The Labute approximate surface area is 118 Å². The molecule has 0 aliphatic carbocycles. The number of nitrogens with two attached hydrogens (primary N) is 1. The topological polar surface area (TPSA) is 90.4 Å². The number of methoxy groups -OCH3 is 1. The number of benzene rings is 1. The van der Waals surface area contributed by atoms with E-state index in [0.717, 1.165) is 4.47 Å². The maximum absolute atomic E-state index is 11.9. The minimum Gasteiger partial charge on any atom is -0.398 e. The molecule has 1 aromatic carbocycles. The molecule has 3 N–H and O–H groups in total. The average molecular weight is 326 g/mol. The molecule has 0 aliphatic heterocycles. The minimum atomic E-state index is -0.368. The average Bonchev–Trinajstić information content (AvgIpc) is 2.83. The number of carbonyl (C=O) groups excluding carboxylic acids is 1. The number of anilines is 2. The maximum Gasteiger partial charge on any atom is 0.277 e. The fourth-order valence-electron chi connectivity index (χ4n) is 1.45. The van der Waals surface area contributed by atoms with E-state index in [-0.39, 0.29) is 18.2 Å². The Kier molecular flexibility index (Phi) is 4.18. The Morgan fingerprint density at radius 1 is 1.53 bits per heavy atom. The first-order valence-electron chi connectivity index (χ1n) is 5.41. The van der Waals surface area contributed by atoms with Gasteiger partial charge in [-0.25, -0.2) is 0 Å². The Bertz CT molecular complexity index is 598. The lowest BCUT2D eigenvalue weighted by atomic mass is 10.2. The zero-order chi connectivity index (χ0) is 13.8. The van der Waals surface area contributed by atoms with Crippen molar-refractivity contribution in [1.82, 2.24) is 5.16 Å². The second kappa shape index (κ2) is 5.85. The van der Waals surface area contributed by atoms with Crippen LogP contribution in [0.4, 0.5) is 11.4 Å². The highest BCUT2D eigenvalue weighted by Gasteiger charge is 2.13. The van der Waals surface area contributed by atoms with Gasteiger partial charge in [0.1, 0.15) is 6.61 Å². The molecule has 1 aromatic heterocycles. The van der Waals surface area contributed by atoms with Crippen molar-refractivity contribution in [1.29, 1.82) is 0 Å². The molecular weight excluding hydrogens is 314 g/mol. The number of carbonyl (C=O) groups is 1. The van der Waals surface area contributed by atoms with Gasteiger partial charge in [-0.05, 0) is 34.1 Å². The van der Waals surface area contributed by atoms with Crippen LogP contribution >= 0.6 is 15.9 Å². The monoisotopic (exact) mass is 325 g/mol. The van der Waals surface area contributed by atoms with E-state index in [2.05, 4.69) is 26.4 Å². The molecule has 100 valence electrons. The molecule has 0 saturated carbocycles. The van der Waals surface area contributed by atoms with Crippen LogP contribution in [0.3, 0.4) is 0 Å². The van der Waals surface area contributed by atoms with Crippen molar-refractivity contribution >= 4 is 33.2 Å². The van der Waals surface area contributed by atoms with Crippen molar-refractivity contribution in [2.24, 2.45) is 0 Å². The number of nitrogens with zero attached hydrogens (tertiary/aromatic N) is 1. The molecule has 19 heavy (non-hydrogen) atoms. The number of aromatic nitrogens is 1. The highest BCUT2D eigenvalue weighted by Crippen LogP contribution is 2.23. The summed E-state index contributed by atoms with van der Waals surface area (Å²) in [6.45, 7) is 0.269. The predicted octanol–water partition coefficient (Wildman–Crippen LogP) is 2.42. The second-order valence-electron chi connectivity index (χ2n) is 3.80. The van der Waals surface area contributed by atoms with Crippen LogP contribution in [0.25, 0.3) is 0 Å². The van der Waals surface area contributed by atoms with Gasteiger partial charge in [0.25, 0.3) is 5.91 Å². The van der Waals surface area contributed by atoms with Crippen LogP contribution in [0.15, 0.2) is 33.3 Å². The highest BCUT2D eigenvalue weighted by atomic mass is 79.9. The van der Waals surface area contributed by atoms with E-state index < -0.39 is 0 Å². The van der Waals surface area contributed by atoms with Gasteiger partial charge in [0.05, 0.1) is 0 Å². The van der Waals surface area contributed by atoms with E-state index in [1.807, 2.05) is 0 Å². The molecule has 0 fully saturated rings. The van der Waals surface area contributed by atoms with Crippen LogP contribution in [0.5, 0.6) is 0 Å². The van der Waals surface area contributed by atoms with Gasteiger partial charge < -0.3 is 20.3 Å². The van der Waals surface area contributed by atoms with Crippen LogP contribution in [0, 0.1) is 0 Å². The molecule has 1 heterocycles. The first-order valence-corrected chi connectivity index (χ1v) is 6.20. The predicted molar refractivity (Wildman–Crippen MR) is 73.7 cm³/mol. The van der Waals surface area contributed by atoms with Crippen molar-refractivity contribution < 1.29 is 14.1 Å². The third-order valence-electron chi connectivity index (χ3n) is 2.33. The lowest BCUT2D eigenvalue weighted by Crippen LogP contribution is -2.12. The molecule has 0 radical (unpaired) electrons. The SMILES string of the molecule is COCc1cc(C(=O)Nc2ccc(Br)c(N)c2)no1. The Morgan fingerprint density at radius 2 is 2.32 bits per heavy atom. The van der Waals surface area contributed by atoms with E-state index in [9.17, 15) is 4.79 Å². The van der Waals surface area contributed by atoms with E-state index in [4.69, 9.17) is 15.0 Å². The standard InChI is InChI=1S/C12H12BrN3O3/c1-18-6-8-5-11(16-19-8)12(17)15-7-2-3-9(13)10(14)4-7/h2-5H,6,14H2,1H3,(H,15,17). The minimum absolute atomic E-state index is 0.188. The molecule has 7 heteroatoms. The van der Waals surface area contributed by atoms with E-state index in [1.165, 1.54) is 13.2 Å².